The molecule has 1 fully saturated rings. The second-order valence-electron chi connectivity index (χ2n) is 7.33. The van der Waals surface area contributed by atoms with Crippen molar-refractivity contribution < 1.29 is 48.1 Å². The SMILES string of the molecule is O=C(O)COCCOCCOCC(=O)Nc1cccc2c1C(=O)N(C1CCC(=O)NC1=O)C2=O. The van der Waals surface area contributed by atoms with E-state index in [1.54, 1.807) is 0 Å². The first kappa shape index (κ1) is 25.0. The van der Waals surface area contributed by atoms with Gasteiger partial charge in [-0.25, -0.2) is 4.79 Å². The van der Waals surface area contributed by atoms with E-state index in [0.717, 1.165) is 4.90 Å². The summed E-state index contributed by atoms with van der Waals surface area (Å²) in [7, 11) is 0. The Bertz CT molecular complexity index is 1010. The number of nitrogens with zero attached hydrogens (tertiary/aromatic N) is 1. The minimum absolute atomic E-state index is 0.00379. The predicted molar refractivity (Wildman–Crippen MR) is 112 cm³/mol. The third kappa shape index (κ3) is 6.01. The maximum absolute atomic E-state index is 13.0. The highest BCUT2D eigenvalue weighted by molar-refractivity contribution is 6.26. The smallest absolute Gasteiger partial charge is 0.329 e. The average Bonchev–Trinajstić information content (AvgIpc) is 3.03. The number of anilines is 1. The Morgan fingerprint density at radius 2 is 1.68 bits per heavy atom. The average molecular weight is 477 g/mol. The highest BCUT2D eigenvalue weighted by atomic mass is 16.5. The summed E-state index contributed by atoms with van der Waals surface area (Å²) in [6.07, 6.45) is 0.0310. The van der Waals surface area contributed by atoms with Crippen LogP contribution < -0.4 is 10.6 Å². The number of amides is 5. The van der Waals surface area contributed by atoms with Crippen molar-refractivity contribution in [2.45, 2.75) is 18.9 Å². The fourth-order valence-electron chi connectivity index (χ4n) is 3.47. The van der Waals surface area contributed by atoms with Gasteiger partial charge in [0, 0.05) is 6.42 Å². The number of carboxylic acid groups (broad SMARTS) is 1. The van der Waals surface area contributed by atoms with E-state index >= 15 is 0 Å². The third-order valence-electron chi connectivity index (χ3n) is 4.94. The summed E-state index contributed by atoms with van der Waals surface area (Å²) in [5.74, 6) is -4.25. The van der Waals surface area contributed by atoms with Crippen molar-refractivity contribution in [3.8, 4) is 0 Å². The molecule has 13 heteroatoms. The topological polar surface area (TPSA) is 178 Å². The molecule has 0 saturated carbocycles. The van der Waals surface area contributed by atoms with Crippen LogP contribution in [0.25, 0.3) is 0 Å². The van der Waals surface area contributed by atoms with Crippen molar-refractivity contribution in [3.63, 3.8) is 0 Å². The van der Waals surface area contributed by atoms with Crippen LogP contribution >= 0.6 is 0 Å². The van der Waals surface area contributed by atoms with Crippen molar-refractivity contribution in [2.75, 3.05) is 45.0 Å². The van der Waals surface area contributed by atoms with E-state index in [4.69, 9.17) is 19.3 Å². The van der Waals surface area contributed by atoms with Gasteiger partial charge in [-0.3, -0.25) is 34.2 Å². The largest absolute Gasteiger partial charge is 0.480 e. The molecule has 182 valence electrons. The van der Waals surface area contributed by atoms with Crippen molar-refractivity contribution in [1.29, 1.82) is 0 Å². The Kier molecular flexibility index (Phi) is 8.40. The molecule has 0 aromatic heterocycles. The Hall–Kier alpha value is -3.68. The minimum atomic E-state index is -1.11. The molecule has 1 saturated heterocycles. The first-order valence-corrected chi connectivity index (χ1v) is 10.4. The van der Waals surface area contributed by atoms with Gasteiger partial charge in [0.15, 0.2) is 0 Å². The van der Waals surface area contributed by atoms with E-state index < -0.39 is 48.2 Å². The third-order valence-corrected chi connectivity index (χ3v) is 4.94. The molecule has 1 aromatic carbocycles. The molecular formula is C21H23N3O10. The molecular weight excluding hydrogens is 454 g/mol. The quantitative estimate of drug-likeness (QED) is 0.254. The second-order valence-corrected chi connectivity index (χ2v) is 7.33. The molecule has 5 amide bonds. The molecule has 2 aliphatic rings. The van der Waals surface area contributed by atoms with E-state index in [-0.39, 0.29) is 62.7 Å². The lowest BCUT2D eigenvalue weighted by Gasteiger charge is -2.27. The number of rotatable bonds is 12. The minimum Gasteiger partial charge on any atom is -0.480 e. The van der Waals surface area contributed by atoms with E-state index in [9.17, 15) is 28.8 Å². The second kappa shape index (κ2) is 11.4. The zero-order chi connectivity index (χ0) is 24.7. The Balaban J connectivity index is 1.50. The fraction of sp³-hybridized carbons (Fsp3) is 0.429. The molecule has 3 N–H and O–H groups in total. The van der Waals surface area contributed by atoms with E-state index in [1.165, 1.54) is 18.2 Å². The van der Waals surface area contributed by atoms with Gasteiger partial charge in [0.1, 0.15) is 19.3 Å². The normalized spacial score (nSPS) is 17.5. The van der Waals surface area contributed by atoms with Crippen molar-refractivity contribution in [3.05, 3.63) is 29.3 Å². The lowest BCUT2D eigenvalue weighted by atomic mass is 10.0. The molecule has 3 rings (SSSR count). The van der Waals surface area contributed by atoms with Gasteiger partial charge in [0.05, 0.1) is 43.2 Å². The molecule has 2 aliphatic heterocycles. The van der Waals surface area contributed by atoms with E-state index in [0.29, 0.717) is 0 Å². The summed E-state index contributed by atoms with van der Waals surface area (Å²) in [6.45, 7) is -0.254. The van der Waals surface area contributed by atoms with Crippen LogP contribution in [0.4, 0.5) is 5.69 Å². The van der Waals surface area contributed by atoms with Crippen LogP contribution in [0.5, 0.6) is 0 Å². The van der Waals surface area contributed by atoms with Crippen molar-refractivity contribution in [1.82, 2.24) is 10.2 Å². The number of benzene rings is 1. The Labute approximate surface area is 193 Å². The Morgan fingerprint density at radius 1 is 1.00 bits per heavy atom. The van der Waals surface area contributed by atoms with Crippen LogP contribution in [0.15, 0.2) is 18.2 Å². The number of carbonyl (C=O) groups excluding carboxylic acids is 5. The number of piperidine rings is 1. The number of aliphatic carboxylic acids is 1. The van der Waals surface area contributed by atoms with E-state index in [1.807, 2.05) is 0 Å². The molecule has 1 unspecified atom stereocenters. The maximum Gasteiger partial charge on any atom is 0.329 e. The fourth-order valence-corrected chi connectivity index (χ4v) is 3.47. The molecule has 2 heterocycles. The highest BCUT2D eigenvalue weighted by Gasteiger charge is 2.45. The van der Waals surface area contributed by atoms with Crippen LogP contribution in [0.1, 0.15) is 33.6 Å². The van der Waals surface area contributed by atoms with E-state index in [2.05, 4.69) is 10.6 Å². The number of hydrogen-bond acceptors (Lipinski definition) is 9. The van der Waals surface area contributed by atoms with Gasteiger partial charge in [0.25, 0.3) is 11.8 Å². The first-order chi connectivity index (χ1) is 16.3. The van der Waals surface area contributed by atoms with Crippen LogP contribution in [0, 0.1) is 0 Å². The molecule has 1 atom stereocenters. The van der Waals surface area contributed by atoms with Gasteiger partial charge >= 0.3 is 5.97 Å². The number of carboxylic acids is 1. The zero-order valence-electron chi connectivity index (χ0n) is 18.0. The van der Waals surface area contributed by atoms with Gasteiger partial charge in [-0.1, -0.05) is 6.07 Å². The van der Waals surface area contributed by atoms with Gasteiger partial charge < -0.3 is 24.6 Å². The lowest BCUT2D eigenvalue weighted by molar-refractivity contribution is -0.143. The van der Waals surface area contributed by atoms with Crippen LogP contribution in [0.2, 0.25) is 0 Å². The molecule has 0 aliphatic carbocycles. The number of nitrogens with one attached hydrogen (secondary N) is 2. The van der Waals surface area contributed by atoms with Crippen LogP contribution in [-0.4, -0.2) is 91.2 Å². The number of fused-ring (bicyclic) bond motifs is 1. The van der Waals surface area contributed by atoms with Gasteiger partial charge in [-0.05, 0) is 18.6 Å². The number of imide groups is 2. The number of carbonyl (C=O) groups is 6. The van der Waals surface area contributed by atoms with Crippen molar-refractivity contribution in [2.24, 2.45) is 0 Å². The molecule has 34 heavy (non-hydrogen) atoms. The highest BCUT2D eigenvalue weighted by Crippen LogP contribution is 2.32. The van der Waals surface area contributed by atoms with Gasteiger partial charge in [-0.2, -0.15) is 0 Å². The summed E-state index contributed by atoms with van der Waals surface area (Å²) >= 11 is 0. The van der Waals surface area contributed by atoms with Gasteiger partial charge in [-0.15, -0.1) is 0 Å². The number of ether oxygens (including phenoxy) is 3. The molecule has 0 bridgehead atoms. The molecule has 13 nitrogen and oxygen atoms in total. The summed E-state index contributed by atoms with van der Waals surface area (Å²) in [6, 6.07) is 3.27. The van der Waals surface area contributed by atoms with Crippen LogP contribution in [0.3, 0.4) is 0 Å². The zero-order valence-corrected chi connectivity index (χ0v) is 18.0. The standard InChI is InChI=1S/C21H23N3O10/c25-15-5-4-14(19(29)23-15)24-20(30)12-2-1-3-13(18(12)21(24)31)22-16(26)10-33-8-6-32-7-9-34-11-17(27)28/h1-3,14H,4-11H2,(H,22,26)(H,27,28)(H,23,25,29). The maximum atomic E-state index is 13.0. The molecule has 1 aromatic rings. The summed E-state index contributed by atoms with van der Waals surface area (Å²) in [5.41, 5.74) is 0.119. The van der Waals surface area contributed by atoms with Gasteiger partial charge in [0.2, 0.25) is 17.7 Å². The Morgan fingerprint density at radius 3 is 2.35 bits per heavy atom. The lowest BCUT2D eigenvalue weighted by Crippen LogP contribution is -2.54. The monoisotopic (exact) mass is 477 g/mol. The predicted octanol–water partition coefficient (Wildman–Crippen LogP) is -0.839. The summed E-state index contributed by atoms with van der Waals surface area (Å²) < 4.78 is 15.2. The number of hydrogen-bond donors (Lipinski definition) is 3. The first-order valence-electron chi connectivity index (χ1n) is 10.4. The van der Waals surface area contributed by atoms with Crippen molar-refractivity contribution >= 4 is 41.2 Å². The molecule has 0 radical (unpaired) electrons. The summed E-state index contributed by atoms with van der Waals surface area (Å²) in [4.78, 5) is 72.7. The molecule has 0 spiro atoms. The summed E-state index contributed by atoms with van der Waals surface area (Å²) in [5, 5.41) is 13.1. The van der Waals surface area contributed by atoms with Crippen LogP contribution in [-0.2, 0) is 33.4 Å².